The van der Waals surface area contributed by atoms with Gasteiger partial charge in [0.25, 0.3) is 0 Å². The number of carbonyl (C=O) groups is 1. The maximum atomic E-state index is 11.5. The number of benzene rings is 1. The minimum atomic E-state index is -1.55. The summed E-state index contributed by atoms with van der Waals surface area (Å²) in [4.78, 5) is 12.9. The Kier molecular flexibility index (Phi) is 2.96. The zero-order chi connectivity index (χ0) is 11.7. The Hall–Kier alpha value is -1.37. The topological polar surface area (TPSA) is 81.0 Å². The molecular weight excluding hydrogens is 209 g/mol. The number of carbonyl (C=O) groups excluding carboxylic acids is 1. The van der Waals surface area contributed by atoms with E-state index in [1.807, 2.05) is 0 Å². The van der Waals surface area contributed by atoms with Gasteiger partial charge < -0.3 is 20.1 Å². The second kappa shape index (κ2) is 4.25. The average molecular weight is 221 g/mol. The first kappa shape index (κ1) is 11.1. The highest BCUT2D eigenvalue weighted by Gasteiger charge is 2.29. The van der Waals surface area contributed by atoms with E-state index in [1.54, 1.807) is 18.2 Å². The van der Waals surface area contributed by atoms with Gasteiger partial charge in [0.15, 0.2) is 0 Å². The summed E-state index contributed by atoms with van der Waals surface area (Å²) in [5.41, 5.74) is 0.902. The molecule has 3 N–H and O–H groups in total. The van der Waals surface area contributed by atoms with Gasteiger partial charge in [0.1, 0.15) is 0 Å². The predicted octanol–water partition coefficient (Wildman–Crippen LogP) is -1.54. The molecule has 1 aliphatic heterocycles. The van der Waals surface area contributed by atoms with Crippen LogP contribution >= 0.6 is 0 Å². The lowest BCUT2D eigenvalue weighted by Crippen LogP contribution is -2.32. The molecule has 0 bridgehead atoms. The summed E-state index contributed by atoms with van der Waals surface area (Å²) in [5, 5.41) is 27.4. The van der Waals surface area contributed by atoms with Gasteiger partial charge in [0.05, 0.1) is 19.1 Å². The molecule has 0 saturated carbocycles. The highest BCUT2D eigenvalue weighted by Crippen LogP contribution is 2.20. The van der Waals surface area contributed by atoms with Crippen LogP contribution in [0, 0.1) is 0 Å². The van der Waals surface area contributed by atoms with Crippen molar-refractivity contribution in [3.05, 3.63) is 24.3 Å². The number of hydrogen-bond donors (Lipinski definition) is 3. The number of aliphatic hydroxyl groups is 1. The molecule has 5 nitrogen and oxygen atoms in total. The van der Waals surface area contributed by atoms with Gasteiger partial charge in [0, 0.05) is 5.69 Å². The number of anilines is 1. The van der Waals surface area contributed by atoms with Gasteiger partial charge >= 0.3 is 7.12 Å². The molecule has 16 heavy (non-hydrogen) atoms. The van der Waals surface area contributed by atoms with Crippen LogP contribution in [0.5, 0.6) is 0 Å². The minimum Gasteiger partial charge on any atom is -0.423 e. The predicted molar refractivity (Wildman–Crippen MR) is 59.2 cm³/mol. The Morgan fingerprint density at radius 2 is 2.12 bits per heavy atom. The largest absolute Gasteiger partial charge is 0.488 e. The van der Waals surface area contributed by atoms with E-state index in [-0.39, 0.29) is 18.9 Å². The second-order valence-corrected chi connectivity index (χ2v) is 3.83. The molecule has 1 atom stereocenters. The Balaban J connectivity index is 2.27. The Bertz CT molecular complexity index is 410. The van der Waals surface area contributed by atoms with Crippen LogP contribution in [0.15, 0.2) is 24.3 Å². The van der Waals surface area contributed by atoms with Gasteiger partial charge in [-0.25, -0.2) is 0 Å². The maximum absolute atomic E-state index is 11.5. The van der Waals surface area contributed by atoms with Gasteiger partial charge in [-0.15, -0.1) is 0 Å². The fraction of sp³-hybridized carbons (Fsp3) is 0.300. The highest BCUT2D eigenvalue weighted by atomic mass is 16.4. The standard InChI is InChI=1S/C10H12BNO4/c13-9-5-10(14)12(6-9)8-3-1-2-7(4-8)11(15)16/h1-4,9,13,15-16H,5-6H2. The number of hydrogen-bond acceptors (Lipinski definition) is 4. The summed E-state index contributed by atoms with van der Waals surface area (Å²) in [6, 6.07) is 6.43. The average Bonchev–Trinajstić information content (AvgIpc) is 2.58. The van der Waals surface area contributed by atoms with Crippen LogP contribution in [0.2, 0.25) is 0 Å². The van der Waals surface area contributed by atoms with Crippen molar-refractivity contribution in [3.8, 4) is 0 Å². The summed E-state index contributed by atoms with van der Waals surface area (Å²) in [5.74, 6) is -0.155. The molecule has 1 saturated heterocycles. The molecule has 1 aliphatic rings. The molecule has 1 heterocycles. The third kappa shape index (κ3) is 2.09. The lowest BCUT2D eigenvalue weighted by atomic mass is 9.80. The molecule has 0 radical (unpaired) electrons. The molecule has 6 heteroatoms. The first-order valence-corrected chi connectivity index (χ1v) is 5.02. The van der Waals surface area contributed by atoms with Gasteiger partial charge in [-0.2, -0.15) is 0 Å². The van der Waals surface area contributed by atoms with Crippen molar-refractivity contribution >= 4 is 24.2 Å². The van der Waals surface area contributed by atoms with E-state index < -0.39 is 13.2 Å². The fourth-order valence-electron chi connectivity index (χ4n) is 1.79. The zero-order valence-corrected chi connectivity index (χ0v) is 8.58. The number of amides is 1. The van der Waals surface area contributed by atoms with Crippen LogP contribution in [0.3, 0.4) is 0 Å². The summed E-state index contributed by atoms with van der Waals surface area (Å²) in [6.07, 6.45) is -0.526. The van der Waals surface area contributed by atoms with Crippen molar-refractivity contribution in [1.82, 2.24) is 0 Å². The smallest absolute Gasteiger partial charge is 0.423 e. The molecule has 0 aromatic heterocycles. The summed E-state index contributed by atoms with van der Waals surface area (Å²) in [6.45, 7) is 0.254. The van der Waals surface area contributed by atoms with Crippen LogP contribution in [0.4, 0.5) is 5.69 Å². The Morgan fingerprint density at radius 1 is 1.38 bits per heavy atom. The molecule has 0 spiro atoms. The maximum Gasteiger partial charge on any atom is 0.488 e. The Labute approximate surface area is 93.1 Å². The molecule has 1 fully saturated rings. The van der Waals surface area contributed by atoms with Crippen LogP contribution in [-0.4, -0.2) is 40.8 Å². The number of β-amino-alcohol motifs (C(OH)–C–C–N with tert-alkyl or cyclic N) is 1. The van der Waals surface area contributed by atoms with Gasteiger partial charge in [-0.05, 0) is 17.6 Å². The first-order valence-electron chi connectivity index (χ1n) is 5.02. The van der Waals surface area contributed by atoms with E-state index >= 15 is 0 Å². The van der Waals surface area contributed by atoms with Gasteiger partial charge in [-0.3, -0.25) is 4.79 Å². The SMILES string of the molecule is O=C1CC(O)CN1c1cccc(B(O)O)c1. The summed E-state index contributed by atoms with van der Waals surface area (Å²) >= 11 is 0. The fourth-order valence-corrected chi connectivity index (χ4v) is 1.79. The number of aliphatic hydroxyl groups excluding tert-OH is 1. The second-order valence-electron chi connectivity index (χ2n) is 3.83. The van der Waals surface area contributed by atoms with E-state index in [0.29, 0.717) is 11.2 Å². The van der Waals surface area contributed by atoms with Crippen LogP contribution < -0.4 is 10.4 Å². The molecule has 1 aromatic rings. The van der Waals surface area contributed by atoms with Crippen molar-refractivity contribution < 1.29 is 19.9 Å². The van der Waals surface area contributed by atoms with E-state index in [4.69, 9.17) is 10.0 Å². The molecule has 84 valence electrons. The number of rotatable bonds is 2. The van der Waals surface area contributed by atoms with Crippen molar-refractivity contribution in [2.24, 2.45) is 0 Å². The van der Waals surface area contributed by atoms with Crippen molar-refractivity contribution in [2.75, 3.05) is 11.4 Å². The third-order valence-electron chi connectivity index (χ3n) is 2.58. The molecule has 1 unspecified atom stereocenters. The molecule has 0 aliphatic carbocycles. The van der Waals surface area contributed by atoms with Crippen molar-refractivity contribution in [3.63, 3.8) is 0 Å². The summed E-state index contributed by atoms with van der Waals surface area (Å²) < 4.78 is 0. The molecule has 2 rings (SSSR count). The minimum absolute atomic E-state index is 0.117. The Morgan fingerprint density at radius 3 is 2.69 bits per heavy atom. The highest BCUT2D eigenvalue weighted by molar-refractivity contribution is 6.58. The lowest BCUT2D eigenvalue weighted by Gasteiger charge is -2.16. The molecule has 1 amide bonds. The third-order valence-corrected chi connectivity index (χ3v) is 2.58. The number of nitrogens with zero attached hydrogens (tertiary/aromatic N) is 1. The quantitative estimate of drug-likeness (QED) is 0.529. The van der Waals surface area contributed by atoms with E-state index in [0.717, 1.165) is 0 Å². The molecular formula is C10H12BNO4. The van der Waals surface area contributed by atoms with Crippen molar-refractivity contribution in [2.45, 2.75) is 12.5 Å². The van der Waals surface area contributed by atoms with Crippen molar-refractivity contribution in [1.29, 1.82) is 0 Å². The lowest BCUT2D eigenvalue weighted by molar-refractivity contribution is -0.117. The monoisotopic (exact) mass is 221 g/mol. The first-order chi connectivity index (χ1) is 7.58. The van der Waals surface area contributed by atoms with E-state index in [1.165, 1.54) is 11.0 Å². The van der Waals surface area contributed by atoms with E-state index in [2.05, 4.69) is 0 Å². The van der Waals surface area contributed by atoms with Gasteiger partial charge in [-0.1, -0.05) is 12.1 Å². The van der Waals surface area contributed by atoms with Crippen LogP contribution in [-0.2, 0) is 4.79 Å². The van der Waals surface area contributed by atoms with Crippen LogP contribution in [0.1, 0.15) is 6.42 Å². The molecule has 1 aromatic carbocycles. The van der Waals surface area contributed by atoms with Crippen LogP contribution in [0.25, 0.3) is 0 Å². The van der Waals surface area contributed by atoms with Gasteiger partial charge in [0.2, 0.25) is 5.91 Å². The van der Waals surface area contributed by atoms with E-state index in [9.17, 15) is 9.90 Å². The summed E-state index contributed by atoms with van der Waals surface area (Å²) in [7, 11) is -1.55. The normalized spacial score (nSPS) is 20.3. The zero-order valence-electron chi connectivity index (χ0n) is 8.58.